The summed E-state index contributed by atoms with van der Waals surface area (Å²) in [6.07, 6.45) is 5.98. The van der Waals surface area contributed by atoms with Gasteiger partial charge in [-0.1, -0.05) is 0 Å². The third-order valence-corrected chi connectivity index (χ3v) is 3.39. The Bertz CT molecular complexity index is 559. The zero-order chi connectivity index (χ0) is 12.5. The Labute approximate surface area is 105 Å². The number of hydrogen-bond donors (Lipinski definition) is 2. The van der Waals surface area contributed by atoms with Crippen LogP contribution < -0.4 is 11.3 Å². The van der Waals surface area contributed by atoms with Crippen LogP contribution in [-0.4, -0.2) is 9.97 Å². The molecule has 3 rings (SSSR count). The molecule has 1 aliphatic carbocycles. The molecular formula is C13H16N4O. The number of aryl methyl sites for hydroxylation is 2. The van der Waals surface area contributed by atoms with Crippen molar-refractivity contribution in [1.29, 1.82) is 0 Å². The van der Waals surface area contributed by atoms with E-state index in [1.165, 1.54) is 12.8 Å². The molecule has 0 amide bonds. The lowest BCUT2D eigenvalue weighted by Crippen LogP contribution is -2.17. The van der Waals surface area contributed by atoms with Gasteiger partial charge in [0.15, 0.2) is 11.6 Å². The van der Waals surface area contributed by atoms with Crippen LogP contribution in [0.2, 0.25) is 0 Å². The minimum Gasteiger partial charge on any atom is -0.461 e. The van der Waals surface area contributed by atoms with Crippen LogP contribution >= 0.6 is 0 Å². The molecule has 94 valence electrons. The highest BCUT2D eigenvalue weighted by atomic mass is 16.3. The second-order valence-corrected chi connectivity index (χ2v) is 4.61. The maximum Gasteiger partial charge on any atom is 0.198 e. The Morgan fingerprint density at radius 3 is 2.83 bits per heavy atom. The largest absolute Gasteiger partial charge is 0.461 e. The van der Waals surface area contributed by atoms with E-state index >= 15 is 0 Å². The first-order valence-corrected chi connectivity index (χ1v) is 6.20. The molecule has 2 heterocycles. The van der Waals surface area contributed by atoms with Gasteiger partial charge >= 0.3 is 0 Å². The first-order chi connectivity index (χ1) is 8.79. The van der Waals surface area contributed by atoms with Gasteiger partial charge in [-0.3, -0.25) is 0 Å². The van der Waals surface area contributed by atoms with Crippen molar-refractivity contribution in [3.8, 4) is 11.6 Å². The average Bonchev–Trinajstić information content (AvgIpc) is 2.83. The van der Waals surface area contributed by atoms with Crippen molar-refractivity contribution in [2.45, 2.75) is 32.6 Å². The van der Waals surface area contributed by atoms with Crippen LogP contribution in [0.1, 0.15) is 29.7 Å². The molecule has 0 unspecified atom stereocenters. The number of nitrogens with zero attached hydrogens (tertiary/aromatic N) is 2. The second-order valence-electron chi connectivity index (χ2n) is 4.61. The molecule has 2 aromatic rings. The number of aromatic nitrogens is 2. The van der Waals surface area contributed by atoms with Crippen molar-refractivity contribution in [2.24, 2.45) is 5.84 Å². The summed E-state index contributed by atoms with van der Waals surface area (Å²) in [4.78, 5) is 9.09. The van der Waals surface area contributed by atoms with E-state index in [0.29, 0.717) is 5.82 Å². The van der Waals surface area contributed by atoms with Gasteiger partial charge in [0.2, 0.25) is 0 Å². The zero-order valence-electron chi connectivity index (χ0n) is 10.4. The molecule has 0 saturated heterocycles. The van der Waals surface area contributed by atoms with Crippen LogP contribution in [0.25, 0.3) is 11.6 Å². The molecule has 18 heavy (non-hydrogen) atoms. The predicted octanol–water partition coefficient (Wildman–Crippen LogP) is 2.21. The number of nitrogens with two attached hydrogens (primary N) is 1. The summed E-state index contributed by atoms with van der Waals surface area (Å²) in [5.41, 5.74) is 5.96. The van der Waals surface area contributed by atoms with E-state index in [9.17, 15) is 0 Å². The van der Waals surface area contributed by atoms with Gasteiger partial charge in [0.05, 0.1) is 6.26 Å². The van der Waals surface area contributed by atoms with Gasteiger partial charge < -0.3 is 9.84 Å². The Hall–Kier alpha value is -1.88. The average molecular weight is 244 g/mol. The van der Waals surface area contributed by atoms with Gasteiger partial charge in [0.1, 0.15) is 5.82 Å². The number of furan rings is 1. The zero-order valence-corrected chi connectivity index (χ0v) is 10.4. The van der Waals surface area contributed by atoms with Crippen LogP contribution in [0.5, 0.6) is 0 Å². The summed E-state index contributed by atoms with van der Waals surface area (Å²) in [7, 11) is 0. The number of nitrogen functional groups attached to an aromatic ring is 1. The Morgan fingerprint density at radius 1 is 1.28 bits per heavy atom. The second kappa shape index (κ2) is 4.42. The molecule has 0 radical (unpaired) electrons. The van der Waals surface area contributed by atoms with E-state index in [-0.39, 0.29) is 0 Å². The van der Waals surface area contributed by atoms with Crippen molar-refractivity contribution in [1.82, 2.24) is 9.97 Å². The van der Waals surface area contributed by atoms with E-state index in [4.69, 9.17) is 10.3 Å². The lowest BCUT2D eigenvalue weighted by Gasteiger charge is -2.18. The number of nitrogens with one attached hydrogen (secondary N) is 1. The van der Waals surface area contributed by atoms with Gasteiger partial charge in [-0.05, 0) is 44.2 Å². The molecule has 0 spiro atoms. The molecule has 0 fully saturated rings. The van der Waals surface area contributed by atoms with Crippen LogP contribution in [-0.2, 0) is 12.8 Å². The number of rotatable bonds is 2. The monoisotopic (exact) mass is 244 g/mol. The Morgan fingerprint density at radius 2 is 2.11 bits per heavy atom. The predicted molar refractivity (Wildman–Crippen MR) is 68.9 cm³/mol. The van der Waals surface area contributed by atoms with Crippen LogP contribution in [0.4, 0.5) is 5.82 Å². The number of fused-ring (bicyclic) bond motifs is 1. The van der Waals surface area contributed by atoms with Crippen LogP contribution in [0, 0.1) is 6.92 Å². The highest BCUT2D eigenvalue weighted by molar-refractivity contribution is 5.58. The first-order valence-electron chi connectivity index (χ1n) is 6.20. The van der Waals surface area contributed by atoms with Gasteiger partial charge in [-0.25, -0.2) is 15.8 Å². The fraction of sp³-hybridized carbons (Fsp3) is 0.385. The summed E-state index contributed by atoms with van der Waals surface area (Å²) in [6, 6.07) is 1.91. The van der Waals surface area contributed by atoms with E-state index < -0.39 is 0 Å². The van der Waals surface area contributed by atoms with Crippen molar-refractivity contribution < 1.29 is 4.42 Å². The van der Waals surface area contributed by atoms with Crippen molar-refractivity contribution in [3.63, 3.8) is 0 Å². The van der Waals surface area contributed by atoms with Crippen LogP contribution in [0.15, 0.2) is 16.7 Å². The maximum absolute atomic E-state index is 5.56. The van der Waals surface area contributed by atoms with Crippen molar-refractivity contribution in [2.75, 3.05) is 5.43 Å². The molecule has 0 atom stereocenters. The Kier molecular flexibility index (Phi) is 2.76. The summed E-state index contributed by atoms with van der Waals surface area (Å²) in [5.74, 6) is 7.63. The summed E-state index contributed by atoms with van der Waals surface area (Å²) in [6.45, 7) is 1.98. The summed E-state index contributed by atoms with van der Waals surface area (Å²) in [5, 5.41) is 0. The number of hydrazine groups is 1. The highest BCUT2D eigenvalue weighted by Crippen LogP contribution is 2.29. The quantitative estimate of drug-likeness (QED) is 0.625. The van der Waals surface area contributed by atoms with E-state index in [0.717, 1.165) is 41.2 Å². The van der Waals surface area contributed by atoms with E-state index in [1.807, 2.05) is 13.0 Å². The van der Waals surface area contributed by atoms with Gasteiger partial charge in [0.25, 0.3) is 0 Å². The third-order valence-electron chi connectivity index (χ3n) is 3.39. The normalized spacial score (nSPS) is 14.3. The maximum atomic E-state index is 5.56. The molecule has 0 bridgehead atoms. The third kappa shape index (κ3) is 1.76. The van der Waals surface area contributed by atoms with E-state index in [2.05, 4.69) is 15.4 Å². The molecule has 2 aromatic heterocycles. The SMILES string of the molecule is Cc1ccoc1-c1nc2c(c(NN)n1)CCCC2. The number of hydrogen-bond acceptors (Lipinski definition) is 5. The lowest BCUT2D eigenvalue weighted by molar-refractivity contribution is 0.573. The fourth-order valence-electron chi connectivity index (χ4n) is 2.42. The molecule has 5 heteroatoms. The molecule has 1 aliphatic rings. The van der Waals surface area contributed by atoms with Crippen molar-refractivity contribution in [3.05, 3.63) is 29.2 Å². The highest BCUT2D eigenvalue weighted by Gasteiger charge is 2.19. The van der Waals surface area contributed by atoms with Gasteiger partial charge in [0, 0.05) is 11.3 Å². The summed E-state index contributed by atoms with van der Waals surface area (Å²) < 4.78 is 5.45. The molecule has 5 nitrogen and oxygen atoms in total. The lowest BCUT2D eigenvalue weighted by atomic mass is 9.96. The number of anilines is 1. The standard InChI is InChI=1S/C13H16N4O/c1-8-6-7-18-11(8)13-15-10-5-3-2-4-9(10)12(16-13)17-14/h6-7H,2-5,14H2,1H3,(H,15,16,17). The topological polar surface area (TPSA) is 77.0 Å². The Balaban J connectivity index is 2.14. The fourth-order valence-corrected chi connectivity index (χ4v) is 2.42. The molecule has 0 aromatic carbocycles. The van der Waals surface area contributed by atoms with Crippen molar-refractivity contribution >= 4 is 5.82 Å². The van der Waals surface area contributed by atoms with Crippen LogP contribution in [0.3, 0.4) is 0 Å². The van der Waals surface area contributed by atoms with E-state index in [1.54, 1.807) is 6.26 Å². The molecular weight excluding hydrogens is 228 g/mol. The van der Waals surface area contributed by atoms with Gasteiger partial charge in [-0.2, -0.15) is 0 Å². The molecule has 0 aliphatic heterocycles. The van der Waals surface area contributed by atoms with Gasteiger partial charge in [-0.15, -0.1) is 0 Å². The smallest absolute Gasteiger partial charge is 0.198 e. The minimum absolute atomic E-state index is 0.617. The first kappa shape index (κ1) is 11.2. The summed E-state index contributed by atoms with van der Waals surface area (Å²) >= 11 is 0. The molecule has 3 N–H and O–H groups in total. The molecule has 0 saturated carbocycles. The minimum atomic E-state index is 0.617.